The van der Waals surface area contributed by atoms with Crippen molar-refractivity contribution in [3.8, 4) is 0 Å². The molecule has 150 valence electrons. The number of ether oxygens (including phenoxy) is 1. The minimum absolute atomic E-state index is 0.0966. The number of fused-ring (bicyclic) bond motifs is 1. The monoisotopic (exact) mass is 389 g/mol. The third-order valence-electron chi connectivity index (χ3n) is 6.64. The van der Waals surface area contributed by atoms with E-state index in [0.717, 1.165) is 23.9 Å². The minimum atomic E-state index is -0.356. The highest BCUT2D eigenvalue weighted by molar-refractivity contribution is 6.02. The Bertz CT molecular complexity index is 1130. The number of carbonyl (C=O) groups is 1. The number of benzene rings is 2. The van der Waals surface area contributed by atoms with Crippen LogP contribution in [0.1, 0.15) is 53.7 Å². The maximum atomic E-state index is 12.5. The van der Waals surface area contributed by atoms with Gasteiger partial charge < -0.3 is 4.74 Å². The normalized spacial score (nSPS) is 21.8. The second kappa shape index (κ2) is 7.14. The molecule has 0 saturated carbocycles. The van der Waals surface area contributed by atoms with E-state index in [0.29, 0.717) is 17.0 Å². The van der Waals surface area contributed by atoms with Crippen LogP contribution in [-0.4, -0.2) is 28.1 Å². The molecule has 0 saturated heterocycles. The van der Waals surface area contributed by atoms with Crippen LogP contribution in [0.3, 0.4) is 0 Å². The van der Waals surface area contributed by atoms with Gasteiger partial charge in [0.25, 0.3) is 0 Å². The van der Waals surface area contributed by atoms with Gasteiger partial charge >= 0.3 is 5.97 Å². The summed E-state index contributed by atoms with van der Waals surface area (Å²) in [5, 5.41) is 8.38. The van der Waals surface area contributed by atoms with Crippen LogP contribution >= 0.6 is 0 Å². The SMILES string of the molecule is COC(=O)c1cc(C2(C)CC=C(c3ccccc3C)CC2C)cc2nnn(C)c12. The molecule has 5 heteroatoms. The average Bonchev–Trinajstić information content (AvgIpc) is 3.10. The molecule has 0 bridgehead atoms. The standard InChI is InChI=1S/C24H27N3O2/c1-15-8-6-7-9-19(15)17-10-11-24(3,16(2)12-17)18-13-20(23(28)29-5)22-21(14-18)25-26-27(22)4/h6-10,13-14,16H,11-12H2,1-5H3. The number of hydrogen-bond acceptors (Lipinski definition) is 4. The highest BCUT2D eigenvalue weighted by atomic mass is 16.5. The van der Waals surface area contributed by atoms with E-state index in [1.54, 1.807) is 11.7 Å². The molecule has 0 radical (unpaired) electrons. The molecule has 0 amide bonds. The van der Waals surface area contributed by atoms with Crippen molar-refractivity contribution in [3.05, 3.63) is 64.7 Å². The first-order valence-corrected chi connectivity index (χ1v) is 10.0. The van der Waals surface area contributed by atoms with Crippen LogP contribution in [0, 0.1) is 12.8 Å². The van der Waals surface area contributed by atoms with Crippen molar-refractivity contribution >= 4 is 22.6 Å². The summed E-state index contributed by atoms with van der Waals surface area (Å²) in [6, 6.07) is 12.6. The number of aromatic nitrogens is 3. The molecule has 2 unspecified atom stereocenters. The van der Waals surface area contributed by atoms with E-state index in [1.165, 1.54) is 23.8 Å². The van der Waals surface area contributed by atoms with Gasteiger partial charge in [0, 0.05) is 7.05 Å². The fourth-order valence-corrected chi connectivity index (χ4v) is 4.52. The molecule has 1 heterocycles. The molecule has 2 atom stereocenters. The second-order valence-electron chi connectivity index (χ2n) is 8.37. The summed E-state index contributed by atoms with van der Waals surface area (Å²) in [6.07, 6.45) is 4.26. The van der Waals surface area contributed by atoms with Gasteiger partial charge in [-0.05, 0) is 65.5 Å². The Morgan fingerprint density at radius 1 is 1.28 bits per heavy atom. The number of nitrogens with zero attached hydrogens (tertiary/aromatic N) is 3. The van der Waals surface area contributed by atoms with Crippen LogP contribution in [0.25, 0.3) is 16.6 Å². The van der Waals surface area contributed by atoms with Gasteiger partial charge in [-0.3, -0.25) is 0 Å². The molecule has 1 aromatic heterocycles. The van der Waals surface area contributed by atoms with E-state index in [1.807, 2.05) is 6.07 Å². The second-order valence-corrected chi connectivity index (χ2v) is 8.37. The van der Waals surface area contributed by atoms with Crippen LogP contribution in [0.2, 0.25) is 0 Å². The van der Waals surface area contributed by atoms with Crippen LogP contribution in [0.15, 0.2) is 42.5 Å². The van der Waals surface area contributed by atoms with Gasteiger partial charge in [0.05, 0.1) is 12.7 Å². The number of hydrogen-bond donors (Lipinski definition) is 0. The van der Waals surface area contributed by atoms with E-state index >= 15 is 0 Å². The Morgan fingerprint density at radius 2 is 2.03 bits per heavy atom. The Hall–Kier alpha value is -2.95. The van der Waals surface area contributed by atoms with Crippen molar-refractivity contribution in [2.45, 2.75) is 39.0 Å². The first-order chi connectivity index (χ1) is 13.8. The van der Waals surface area contributed by atoms with Gasteiger partial charge in [-0.15, -0.1) is 5.10 Å². The number of rotatable bonds is 3. The van der Waals surface area contributed by atoms with Gasteiger partial charge in [-0.2, -0.15) is 0 Å². The summed E-state index contributed by atoms with van der Waals surface area (Å²) in [7, 11) is 3.20. The van der Waals surface area contributed by atoms with Gasteiger partial charge in [0.1, 0.15) is 11.0 Å². The maximum absolute atomic E-state index is 12.5. The van der Waals surface area contributed by atoms with Gasteiger partial charge in [0.15, 0.2) is 0 Å². The van der Waals surface area contributed by atoms with Gasteiger partial charge in [-0.1, -0.05) is 49.4 Å². The molecule has 0 spiro atoms. The van der Waals surface area contributed by atoms with Gasteiger partial charge in [-0.25, -0.2) is 9.48 Å². The lowest BCUT2D eigenvalue weighted by molar-refractivity contribution is 0.0602. The van der Waals surface area contributed by atoms with E-state index in [4.69, 9.17) is 4.74 Å². The molecule has 0 N–H and O–H groups in total. The number of esters is 1. The number of methoxy groups -OCH3 is 1. The van der Waals surface area contributed by atoms with Gasteiger partial charge in [0.2, 0.25) is 0 Å². The van der Waals surface area contributed by atoms with Crippen molar-refractivity contribution in [1.29, 1.82) is 0 Å². The van der Waals surface area contributed by atoms with E-state index in [-0.39, 0.29) is 11.4 Å². The first-order valence-electron chi connectivity index (χ1n) is 10.0. The third kappa shape index (κ3) is 3.15. The first kappa shape index (κ1) is 19.4. The summed E-state index contributed by atoms with van der Waals surface area (Å²) in [5.41, 5.74) is 7.02. The smallest absolute Gasteiger partial charge is 0.340 e. The largest absolute Gasteiger partial charge is 0.465 e. The molecule has 29 heavy (non-hydrogen) atoms. The predicted molar refractivity (Wildman–Crippen MR) is 115 cm³/mol. The summed E-state index contributed by atoms with van der Waals surface area (Å²) < 4.78 is 6.67. The molecule has 5 nitrogen and oxygen atoms in total. The lowest BCUT2D eigenvalue weighted by Crippen LogP contribution is -2.33. The minimum Gasteiger partial charge on any atom is -0.465 e. The van der Waals surface area contributed by atoms with Crippen molar-refractivity contribution in [2.24, 2.45) is 13.0 Å². The molecule has 3 aromatic rings. The molecule has 0 aliphatic heterocycles. The van der Waals surface area contributed by atoms with E-state index < -0.39 is 0 Å². The molecule has 2 aromatic carbocycles. The van der Waals surface area contributed by atoms with Crippen molar-refractivity contribution in [3.63, 3.8) is 0 Å². The summed E-state index contributed by atoms with van der Waals surface area (Å²) in [5.74, 6) is 0.0483. The molecule has 0 fully saturated rings. The predicted octanol–water partition coefficient (Wildman–Crippen LogP) is 4.83. The topological polar surface area (TPSA) is 57.0 Å². The van der Waals surface area contributed by atoms with Crippen molar-refractivity contribution in [2.75, 3.05) is 7.11 Å². The summed E-state index contributed by atoms with van der Waals surface area (Å²) in [4.78, 5) is 12.5. The lowest BCUT2D eigenvalue weighted by atomic mass is 9.64. The zero-order chi connectivity index (χ0) is 20.8. The van der Waals surface area contributed by atoms with Crippen molar-refractivity contribution < 1.29 is 9.53 Å². The highest BCUT2D eigenvalue weighted by Gasteiger charge is 2.37. The number of carbonyl (C=O) groups excluding carboxylic acids is 1. The summed E-state index contributed by atoms with van der Waals surface area (Å²) in [6.45, 7) is 6.74. The quantitative estimate of drug-likeness (QED) is 0.602. The number of aryl methyl sites for hydroxylation is 2. The zero-order valence-electron chi connectivity index (χ0n) is 17.7. The van der Waals surface area contributed by atoms with Crippen LogP contribution in [0.5, 0.6) is 0 Å². The molecule has 4 rings (SSSR count). The van der Waals surface area contributed by atoms with E-state index in [2.05, 4.69) is 67.5 Å². The molecular formula is C24H27N3O2. The summed E-state index contributed by atoms with van der Waals surface area (Å²) >= 11 is 0. The van der Waals surface area contributed by atoms with Crippen molar-refractivity contribution in [1.82, 2.24) is 15.0 Å². The van der Waals surface area contributed by atoms with Crippen LogP contribution in [-0.2, 0) is 17.2 Å². The molecule has 1 aliphatic carbocycles. The Balaban J connectivity index is 1.79. The van der Waals surface area contributed by atoms with Crippen LogP contribution < -0.4 is 0 Å². The zero-order valence-corrected chi connectivity index (χ0v) is 17.7. The maximum Gasteiger partial charge on any atom is 0.340 e. The molecular weight excluding hydrogens is 362 g/mol. The third-order valence-corrected chi connectivity index (χ3v) is 6.64. The Labute approximate surface area is 171 Å². The number of allylic oxidation sites excluding steroid dienone is 2. The average molecular weight is 389 g/mol. The lowest BCUT2D eigenvalue weighted by Gasteiger charge is -2.40. The Kier molecular flexibility index (Phi) is 4.77. The van der Waals surface area contributed by atoms with Crippen LogP contribution in [0.4, 0.5) is 0 Å². The fraction of sp³-hybridized carbons (Fsp3) is 0.375. The molecule has 1 aliphatic rings. The fourth-order valence-electron chi connectivity index (χ4n) is 4.52. The highest BCUT2D eigenvalue weighted by Crippen LogP contribution is 2.46. The Morgan fingerprint density at radius 3 is 2.72 bits per heavy atom. The van der Waals surface area contributed by atoms with E-state index in [9.17, 15) is 4.79 Å².